The molecule has 7 nitrogen and oxygen atoms in total. The van der Waals surface area contributed by atoms with E-state index in [0.717, 1.165) is 11.8 Å². The molecular weight excluding hydrogens is 430 g/mol. The number of nitrogens with zero attached hydrogens (tertiary/aromatic N) is 1. The van der Waals surface area contributed by atoms with E-state index >= 15 is 0 Å². The summed E-state index contributed by atoms with van der Waals surface area (Å²) in [5.74, 6) is -1.80. The summed E-state index contributed by atoms with van der Waals surface area (Å²) >= 11 is 1.04. The van der Waals surface area contributed by atoms with Crippen LogP contribution < -0.4 is 0 Å². The third kappa shape index (κ3) is 4.35. The van der Waals surface area contributed by atoms with Gasteiger partial charge in [-0.3, -0.25) is 9.69 Å². The molecule has 0 saturated carbocycles. The number of carbonyl (C=O) groups is 2. The molecular formula is C19H31NO6S2Si. The molecule has 0 bridgehead atoms. The fourth-order valence-electron chi connectivity index (χ4n) is 3.00. The molecule has 164 valence electrons. The summed E-state index contributed by atoms with van der Waals surface area (Å²) in [5, 5.41) is -0.504. The number of esters is 1. The Hall–Kier alpha value is -1.10. The Labute approximate surface area is 178 Å². The van der Waals surface area contributed by atoms with E-state index < -0.39 is 35.4 Å². The largest absolute Gasteiger partial charge is 0.457 e. The highest BCUT2D eigenvalue weighted by Gasteiger charge is 2.60. The van der Waals surface area contributed by atoms with Crippen molar-refractivity contribution in [2.45, 2.75) is 64.2 Å². The smallest absolute Gasteiger partial charge is 0.357 e. The highest BCUT2D eigenvalue weighted by atomic mass is 32.3. The summed E-state index contributed by atoms with van der Waals surface area (Å²) in [6, 6.07) is 0. The van der Waals surface area contributed by atoms with E-state index in [2.05, 4.69) is 40.4 Å². The first kappa shape index (κ1) is 24.2. The molecule has 0 aliphatic carbocycles. The van der Waals surface area contributed by atoms with Crippen molar-refractivity contribution in [3.05, 3.63) is 22.6 Å². The Bertz CT molecular complexity index is 843. The molecule has 1 fully saturated rings. The van der Waals surface area contributed by atoms with E-state index in [1.807, 2.05) is 6.92 Å². The maximum Gasteiger partial charge on any atom is 0.357 e. The van der Waals surface area contributed by atoms with Crippen molar-refractivity contribution in [3.8, 4) is 0 Å². The molecule has 29 heavy (non-hydrogen) atoms. The topological polar surface area (TPSA) is 90.0 Å². The van der Waals surface area contributed by atoms with Gasteiger partial charge in [-0.25, -0.2) is 13.2 Å². The Morgan fingerprint density at radius 2 is 1.97 bits per heavy atom. The molecule has 1 amide bonds. The van der Waals surface area contributed by atoms with Crippen LogP contribution >= 0.6 is 11.8 Å². The highest BCUT2D eigenvalue weighted by Crippen LogP contribution is 2.53. The van der Waals surface area contributed by atoms with Gasteiger partial charge in [0.15, 0.2) is 23.9 Å². The molecule has 1 unspecified atom stereocenters. The second kappa shape index (κ2) is 8.20. The zero-order valence-corrected chi connectivity index (χ0v) is 20.8. The first-order valence-corrected chi connectivity index (χ1v) is 15.1. The van der Waals surface area contributed by atoms with Crippen LogP contribution in [0.2, 0.25) is 18.1 Å². The predicted octanol–water partition coefficient (Wildman–Crippen LogP) is 3.26. The van der Waals surface area contributed by atoms with E-state index in [1.54, 1.807) is 0 Å². The van der Waals surface area contributed by atoms with Crippen LogP contribution in [0.25, 0.3) is 0 Å². The number of hydrogen-bond acceptors (Lipinski definition) is 7. The van der Waals surface area contributed by atoms with Crippen LogP contribution in [-0.4, -0.2) is 57.3 Å². The lowest BCUT2D eigenvalue weighted by Crippen LogP contribution is -2.62. The van der Waals surface area contributed by atoms with Crippen LogP contribution in [0.15, 0.2) is 22.6 Å². The third-order valence-corrected chi connectivity index (χ3v) is 14.0. The molecule has 0 aromatic heterocycles. The number of ether oxygens (including phenoxy) is 1. The number of carbonyl (C=O) groups excluding carboxylic acids is 2. The van der Waals surface area contributed by atoms with Gasteiger partial charge >= 0.3 is 5.97 Å². The maximum absolute atomic E-state index is 13.0. The monoisotopic (exact) mass is 461 g/mol. The summed E-state index contributed by atoms with van der Waals surface area (Å²) < 4.78 is 36.5. The van der Waals surface area contributed by atoms with Crippen molar-refractivity contribution >= 4 is 41.8 Å². The molecule has 0 radical (unpaired) electrons. The minimum atomic E-state index is -3.68. The van der Waals surface area contributed by atoms with Gasteiger partial charge < -0.3 is 9.16 Å². The van der Waals surface area contributed by atoms with Gasteiger partial charge in [-0.2, -0.15) is 0 Å². The van der Waals surface area contributed by atoms with Crippen molar-refractivity contribution in [2.24, 2.45) is 5.92 Å². The fraction of sp³-hybridized carbons (Fsp3) is 0.684. The van der Waals surface area contributed by atoms with Gasteiger partial charge in [0.05, 0.1) is 17.8 Å². The fourth-order valence-corrected chi connectivity index (χ4v) is 7.71. The molecule has 2 heterocycles. The molecule has 1 saturated heterocycles. The second-order valence-electron chi connectivity index (χ2n) is 8.75. The normalized spacial score (nSPS) is 23.6. The van der Waals surface area contributed by atoms with Crippen molar-refractivity contribution in [1.82, 2.24) is 4.90 Å². The van der Waals surface area contributed by atoms with Crippen LogP contribution in [0.3, 0.4) is 0 Å². The number of rotatable bonds is 8. The van der Waals surface area contributed by atoms with Crippen LogP contribution in [0, 0.1) is 5.92 Å². The molecule has 0 N–H and O–H groups in total. The van der Waals surface area contributed by atoms with Gasteiger partial charge in [0.25, 0.3) is 0 Å². The van der Waals surface area contributed by atoms with Gasteiger partial charge in [-0.05, 0) is 25.1 Å². The van der Waals surface area contributed by atoms with E-state index in [0.29, 0.717) is 0 Å². The van der Waals surface area contributed by atoms with Crippen molar-refractivity contribution in [2.75, 3.05) is 12.4 Å². The molecule has 10 heteroatoms. The number of fused-ring (bicyclic) bond motifs is 1. The zero-order chi connectivity index (χ0) is 22.4. The lowest BCUT2D eigenvalue weighted by molar-refractivity contribution is -0.157. The maximum atomic E-state index is 13.0. The van der Waals surface area contributed by atoms with E-state index in [-0.39, 0.29) is 39.3 Å². The molecule has 2 aliphatic rings. The van der Waals surface area contributed by atoms with Crippen molar-refractivity contribution in [3.63, 3.8) is 0 Å². The van der Waals surface area contributed by atoms with Gasteiger partial charge in [0, 0.05) is 0 Å². The Kier molecular flexibility index (Phi) is 6.84. The standard InChI is InChI=1S/C19H31NO6S2Si/c1-9-11-25-17(22)14-18(28(23,24)10-2)27-16-13(15(21)20(14)16)12(3)26-29(7,8)19(4,5)6/h9,12-13,16H,1,10-11H2,2-8H3/t12?,13-,16+/m0/s1. The Morgan fingerprint density at radius 3 is 2.45 bits per heavy atom. The van der Waals surface area contributed by atoms with Crippen molar-refractivity contribution in [1.29, 1.82) is 0 Å². The Morgan fingerprint density at radius 1 is 1.38 bits per heavy atom. The number of amides is 1. The second-order valence-corrected chi connectivity index (χ2v) is 17.1. The van der Waals surface area contributed by atoms with E-state index in [4.69, 9.17) is 9.16 Å². The minimum Gasteiger partial charge on any atom is -0.457 e. The van der Waals surface area contributed by atoms with Crippen LogP contribution in [0.5, 0.6) is 0 Å². The van der Waals surface area contributed by atoms with E-state index in [1.165, 1.54) is 17.9 Å². The van der Waals surface area contributed by atoms with Crippen LogP contribution in [0.4, 0.5) is 0 Å². The van der Waals surface area contributed by atoms with Gasteiger partial charge in [-0.1, -0.05) is 52.1 Å². The van der Waals surface area contributed by atoms with Crippen LogP contribution in [-0.2, 0) is 28.6 Å². The summed E-state index contributed by atoms with van der Waals surface area (Å²) in [4.78, 5) is 26.7. The average molecular weight is 462 g/mol. The number of thioether (sulfide) groups is 1. The lowest BCUT2D eigenvalue weighted by atomic mass is 9.92. The first-order chi connectivity index (χ1) is 13.2. The Balaban J connectivity index is 2.32. The minimum absolute atomic E-state index is 0.0226. The molecule has 0 aromatic carbocycles. The third-order valence-electron chi connectivity index (χ3n) is 5.73. The summed E-state index contributed by atoms with van der Waals surface area (Å²) in [5.41, 5.74) is -0.176. The number of hydrogen-bond donors (Lipinski definition) is 0. The summed E-state index contributed by atoms with van der Waals surface area (Å²) in [6.45, 7) is 17.3. The lowest BCUT2D eigenvalue weighted by Gasteiger charge is -2.48. The highest BCUT2D eigenvalue weighted by molar-refractivity contribution is 8.19. The zero-order valence-electron chi connectivity index (χ0n) is 18.1. The van der Waals surface area contributed by atoms with Crippen LogP contribution in [0.1, 0.15) is 34.6 Å². The molecule has 2 aliphatic heterocycles. The quantitative estimate of drug-likeness (QED) is 0.237. The van der Waals surface area contributed by atoms with E-state index in [9.17, 15) is 18.0 Å². The van der Waals surface area contributed by atoms with Crippen molar-refractivity contribution < 1.29 is 27.2 Å². The molecule has 3 atom stereocenters. The van der Waals surface area contributed by atoms with Gasteiger partial charge in [0.2, 0.25) is 5.91 Å². The van der Waals surface area contributed by atoms with Gasteiger partial charge in [0.1, 0.15) is 16.2 Å². The average Bonchev–Trinajstić information content (AvgIpc) is 2.94. The number of β-lactam (4-membered cyclic amide) rings is 1. The summed E-state index contributed by atoms with van der Waals surface area (Å²) in [6.07, 6.45) is 1.01. The molecule has 0 aromatic rings. The summed E-state index contributed by atoms with van der Waals surface area (Å²) in [7, 11) is -5.80. The predicted molar refractivity (Wildman–Crippen MR) is 117 cm³/mol. The molecule has 2 rings (SSSR count). The first-order valence-electron chi connectivity index (χ1n) is 9.62. The number of sulfone groups is 1. The SMILES string of the molecule is C=CCOC(=O)C1=C(S(=O)(=O)CC)S[C@@H]2[C@@H](C(C)O[Si](C)(C)C(C)(C)C)C(=O)N12. The van der Waals surface area contributed by atoms with Gasteiger partial charge in [-0.15, -0.1) is 0 Å². The molecule has 0 spiro atoms.